The van der Waals surface area contributed by atoms with Crippen molar-refractivity contribution in [1.82, 2.24) is 0 Å². The molecule has 0 amide bonds. The van der Waals surface area contributed by atoms with Crippen molar-refractivity contribution in [1.29, 1.82) is 0 Å². The van der Waals surface area contributed by atoms with E-state index in [4.69, 9.17) is 14.2 Å². The molecule has 2 heterocycles. The van der Waals surface area contributed by atoms with Gasteiger partial charge in [-0.3, -0.25) is 0 Å². The SMILES string of the molecule is COC1OC(CO)C(CC2OC(CO)C(O)C(O)C2O)C(O)C1O. The fraction of sp³-hybridized carbons (Fsp3) is 1.00. The van der Waals surface area contributed by atoms with Crippen molar-refractivity contribution < 1.29 is 50.0 Å². The highest BCUT2D eigenvalue weighted by atomic mass is 16.7. The molecule has 0 aromatic carbocycles. The molecule has 2 aliphatic rings. The van der Waals surface area contributed by atoms with E-state index in [1.54, 1.807) is 0 Å². The van der Waals surface area contributed by atoms with Crippen molar-refractivity contribution in [3.63, 3.8) is 0 Å². The van der Waals surface area contributed by atoms with Gasteiger partial charge >= 0.3 is 0 Å². The molecule has 0 radical (unpaired) electrons. The first-order chi connectivity index (χ1) is 11.3. The Morgan fingerprint density at radius 3 is 1.83 bits per heavy atom. The highest BCUT2D eigenvalue weighted by Gasteiger charge is 2.49. The van der Waals surface area contributed by atoms with Crippen molar-refractivity contribution in [3.05, 3.63) is 0 Å². The predicted octanol–water partition coefficient (Wildman–Crippen LogP) is -4.08. The minimum Gasteiger partial charge on any atom is -0.394 e. The summed E-state index contributed by atoms with van der Waals surface area (Å²) >= 11 is 0. The van der Waals surface area contributed by atoms with Crippen molar-refractivity contribution >= 4 is 0 Å². The Kier molecular flexibility index (Phi) is 6.90. The Bertz CT molecular complexity index is 392. The lowest BCUT2D eigenvalue weighted by Crippen LogP contribution is -2.61. The standard InChI is InChI=1S/C14H26O10/c1-22-14-13(21)9(17)5(7(3-15)24-14)2-6-10(18)12(20)11(19)8(4-16)23-6/h5-21H,2-4H2,1H3. The molecule has 142 valence electrons. The quantitative estimate of drug-likeness (QED) is 0.258. The first-order valence-electron chi connectivity index (χ1n) is 7.81. The van der Waals surface area contributed by atoms with E-state index in [0.29, 0.717) is 0 Å². The van der Waals surface area contributed by atoms with Gasteiger partial charge in [-0.1, -0.05) is 0 Å². The lowest BCUT2D eigenvalue weighted by atomic mass is 9.81. The topological polar surface area (TPSA) is 169 Å². The lowest BCUT2D eigenvalue weighted by Gasteiger charge is -2.45. The minimum absolute atomic E-state index is 0.0820. The van der Waals surface area contributed by atoms with E-state index in [1.807, 2.05) is 0 Å². The Balaban J connectivity index is 2.12. The van der Waals surface area contributed by atoms with Gasteiger partial charge in [0.25, 0.3) is 0 Å². The average molecular weight is 354 g/mol. The molecule has 10 heteroatoms. The second-order valence-corrected chi connectivity index (χ2v) is 6.21. The van der Waals surface area contributed by atoms with E-state index < -0.39 is 74.3 Å². The van der Waals surface area contributed by atoms with Crippen LogP contribution in [0.3, 0.4) is 0 Å². The Labute approximate surface area is 138 Å². The summed E-state index contributed by atoms with van der Waals surface area (Å²) < 4.78 is 15.7. The van der Waals surface area contributed by atoms with Gasteiger partial charge in [0.15, 0.2) is 6.29 Å². The molecule has 0 bridgehead atoms. The van der Waals surface area contributed by atoms with E-state index >= 15 is 0 Å². The molecule has 0 aliphatic carbocycles. The largest absolute Gasteiger partial charge is 0.394 e. The lowest BCUT2D eigenvalue weighted by molar-refractivity contribution is -0.293. The van der Waals surface area contributed by atoms with Gasteiger partial charge in [-0.25, -0.2) is 0 Å². The van der Waals surface area contributed by atoms with Crippen LogP contribution in [0.1, 0.15) is 6.42 Å². The molecule has 0 aromatic heterocycles. The molecule has 2 fully saturated rings. The Morgan fingerprint density at radius 1 is 0.708 bits per heavy atom. The number of hydrogen-bond acceptors (Lipinski definition) is 10. The molecule has 2 saturated heterocycles. The summed E-state index contributed by atoms with van der Waals surface area (Å²) in [5.41, 5.74) is 0. The zero-order valence-electron chi connectivity index (χ0n) is 13.3. The smallest absolute Gasteiger partial charge is 0.186 e. The minimum atomic E-state index is -1.54. The summed E-state index contributed by atoms with van der Waals surface area (Å²) in [4.78, 5) is 0. The van der Waals surface area contributed by atoms with E-state index in [1.165, 1.54) is 7.11 Å². The molecule has 10 unspecified atom stereocenters. The van der Waals surface area contributed by atoms with Gasteiger partial charge in [-0.05, 0) is 6.42 Å². The van der Waals surface area contributed by atoms with Gasteiger partial charge in [-0.2, -0.15) is 0 Å². The summed E-state index contributed by atoms with van der Waals surface area (Å²) in [6.07, 6.45) is -11.4. The van der Waals surface area contributed by atoms with Crippen LogP contribution >= 0.6 is 0 Å². The van der Waals surface area contributed by atoms with E-state index in [2.05, 4.69) is 0 Å². The highest BCUT2D eigenvalue weighted by Crippen LogP contribution is 2.33. The van der Waals surface area contributed by atoms with Crippen molar-refractivity contribution in [2.45, 2.75) is 61.5 Å². The summed E-state index contributed by atoms with van der Waals surface area (Å²) in [6.45, 7) is -1.03. The fourth-order valence-electron chi connectivity index (χ4n) is 3.29. The van der Waals surface area contributed by atoms with E-state index in [-0.39, 0.29) is 6.42 Å². The maximum atomic E-state index is 10.3. The van der Waals surface area contributed by atoms with Gasteiger partial charge < -0.3 is 50.0 Å². The molecule has 24 heavy (non-hydrogen) atoms. The molecule has 2 aliphatic heterocycles. The number of aliphatic hydroxyl groups excluding tert-OH is 7. The maximum absolute atomic E-state index is 10.3. The predicted molar refractivity (Wildman–Crippen MR) is 76.6 cm³/mol. The second-order valence-electron chi connectivity index (χ2n) is 6.21. The van der Waals surface area contributed by atoms with Crippen molar-refractivity contribution in [2.24, 2.45) is 5.92 Å². The molecular formula is C14H26O10. The zero-order valence-corrected chi connectivity index (χ0v) is 13.3. The summed E-state index contributed by atoms with van der Waals surface area (Å²) in [5, 5.41) is 68.6. The molecule has 0 saturated carbocycles. The third kappa shape index (κ3) is 3.73. The third-order valence-electron chi connectivity index (χ3n) is 4.76. The Morgan fingerprint density at radius 2 is 1.29 bits per heavy atom. The van der Waals surface area contributed by atoms with Crippen LogP contribution in [0, 0.1) is 5.92 Å². The van der Waals surface area contributed by atoms with Gasteiger partial charge in [0.1, 0.15) is 30.5 Å². The zero-order chi connectivity index (χ0) is 18.0. The van der Waals surface area contributed by atoms with Crippen LogP contribution in [0.4, 0.5) is 0 Å². The van der Waals surface area contributed by atoms with Crippen LogP contribution in [-0.4, -0.2) is 111 Å². The van der Waals surface area contributed by atoms with E-state index in [9.17, 15) is 35.7 Å². The van der Waals surface area contributed by atoms with Gasteiger partial charge in [0.2, 0.25) is 0 Å². The first kappa shape index (κ1) is 19.9. The monoisotopic (exact) mass is 354 g/mol. The van der Waals surface area contributed by atoms with Crippen LogP contribution in [0.15, 0.2) is 0 Å². The molecule has 0 spiro atoms. The van der Waals surface area contributed by atoms with Gasteiger partial charge in [-0.15, -0.1) is 0 Å². The van der Waals surface area contributed by atoms with Gasteiger partial charge in [0, 0.05) is 13.0 Å². The van der Waals surface area contributed by atoms with Crippen LogP contribution < -0.4 is 0 Å². The van der Waals surface area contributed by atoms with Crippen molar-refractivity contribution in [2.75, 3.05) is 20.3 Å². The normalized spacial score (nSPS) is 50.0. The number of ether oxygens (including phenoxy) is 3. The number of aliphatic hydroxyl groups is 7. The highest BCUT2D eigenvalue weighted by molar-refractivity contribution is 4.96. The molecule has 2 rings (SSSR count). The van der Waals surface area contributed by atoms with Crippen LogP contribution in [0.5, 0.6) is 0 Å². The maximum Gasteiger partial charge on any atom is 0.186 e. The average Bonchev–Trinajstić information content (AvgIpc) is 2.59. The third-order valence-corrected chi connectivity index (χ3v) is 4.76. The van der Waals surface area contributed by atoms with E-state index in [0.717, 1.165) is 0 Å². The summed E-state index contributed by atoms with van der Waals surface area (Å²) in [7, 11) is 1.28. The van der Waals surface area contributed by atoms with Crippen LogP contribution in [0.2, 0.25) is 0 Å². The molecule has 7 N–H and O–H groups in total. The van der Waals surface area contributed by atoms with Crippen molar-refractivity contribution in [3.8, 4) is 0 Å². The fourth-order valence-corrected chi connectivity index (χ4v) is 3.29. The molecule has 0 aromatic rings. The summed E-state index contributed by atoms with van der Waals surface area (Å²) in [6, 6.07) is 0. The number of hydrogen-bond donors (Lipinski definition) is 7. The molecule has 10 atom stereocenters. The summed E-state index contributed by atoms with van der Waals surface area (Å²) in [5.74, 6) is -0.821. The van der Waals surface area contributed by atoms with Crippen LogP contribution in [-0.2, 0) is 14.2 Å². The second kappa shape index (κ2) is 8.32. The number of methoxy groups -OCH3 is 1. The number of rotatable bonds is 5. The van der Waals surface area contributed by atoms with Crippen LogP contribution in [0.25, 0.3) is 0 Å². The molecular weight excluding hydrogens is 328 g/mol. The first-order valence-corrected chi connectivity index (χ1v) is 7.81. The van der Waals surface area contributed by atoms with Gasteiger partial charge in [0.05, 0.1) is 31.5 Å². The molecule has 10 nitrogen and oxygen atoms in total. The Hall–Kier alpha value is -0.400.